The van der Waals surface area contributed by atoms with Crippen LogP contribution in [0.4, 0.5) is 0 Å². The zero-order valence-corrected chi connectivity index (χ0v) is 9.26. The lowest BCUT2D eigenvalue weighted by atomic mass is 9.97. The van der Waals surface area contributed by atoms with Crippen molar-refractivity contribution in [2.45, 2.75) is 25.8 Å². The monoisotopic (exact) mass is 223 g/mol. The van der Waals surface area contributed by atoms with E-state index in [4.69, 9.17) is 15.9 Å². The van der Waals surface area contributed by atoms with Gasteiger partial charge in [-0.15, -0.1) is 0 Å². The molecule has 0 heterocycles. The third-order valence-electron chi connectivity index (χ3n) is 2.51. The number of carboxylic acids is 1. The molecule has 0 saturated heterocycles. The van der Waals surface area contributed by atoms with Crippen LogP contribution >= 0.6 is 0 Å². The second-order valence-electron chi connectivity index (χ2n) is 4.11. The zero-order valence-electron chi connectivity index (χ0n) is 9.26. The van der Waals surface area contributed by atoms with Gasteiger partial charge in [0.05, 0.1) is 5.92 Å². The van der Waals surface area contributed by atoms with Crippen molar-refractivity contribution in [3.63, 3.8) is 0 Å². The van der Waals surface area contributed by atoms with Gasteiger partial charge in [0.1, 0.15) is 5.75 Å². The molecule has 16 heavy (non-hydrogen) atoms. The van der Waals surface area contributed by atoms with Crippen LogP contribution in [0.2, 0.25) is 0 Å². The summed E-state index contributed by atoms with van der Waals surface area (Å²) in [6, 6.07) is 6.61. The molecular weight excluding hydrogens is 206 g/mol. The Morgan fingerprint density at radius 1 is 1.38 bits per heavy atom. The zero-order chi connectivity index (χ0) is 12.1. The van der Waals surface area contributed by atoms with E-state index >= 15 is 0 Å². The smallest absolute Gasteiger partial charge is 0.306 e. The third kappa shape index (κ3) is 3.90. The standard InChI is InChI=1S/C12H17NO3/c1-8(12(15)16)6-10(13)7-9-2-4-11(14)5-3-9/h2-5,8,10,14H,6-7,13H2,1H3,(H,15,16)/t8-,10-/m1/s1. The predicted octanol–water partition coefficient (Wildman–Crippen LogP) is 1.37. The molecule has 4 N–H and O–H groups in total. The summed E-state index contributed by atoms with van der Waals surface area (Å²) < 4.78 is 0. The lowest BCUT2D eigenvalue weighted by Crippen LogP contribution is -2.28. The third-order valence-corrected chi connectivity index (χ3v) is 2.51. The van der Waals surface area contributed by atoms with Crippen LogP contribution in [0.5, 0.6) is 5.75 Å². The van der Waals surface area contributed by atoms with Crippen LogP contribution in [0.3, 0.4) is 0 Å². The summed E-state index contributed by atoms with van der Waals surface area (Å²) in [6.07, 6.45) is 1.08. The number of carboxylic acid groups (broad SMARTS) is 1. The number of aromatic hydroxyl groups is 1. The Balaban J connectivity index is 2.48. The molecule has 0 unspecified atom stereocenters. The Hall–Kier alpha value is -1.55. The molecule has 1 rings (SSSR count). The molecule has 0 aliphatic carbocycles. The summed E-state index contributed by atoms with van der Waals surface area (Å²) in [4.78, 5) is 10.6. The number of nitrogens with two attached hydrogens (primary N) is 1. The van der Waals surface area contributed by atoms with Crippen molar-refractivity contribution in [2.24, 2.45) is 11.7 Å². The number of hydrogen-bond donors (Lipinski definition) is 3. The van der Waals surface area contributed by atoms with E-state index in [-0.39, 0.29) is 11.8 Å². The number of hydrogen-bond acceptors (Lipinski definition) is 3. The summed E-state index contributed by atoms with van der Waals surface area (Å²) in [5.74, 6) is -1.02. The Kier molecular flexibility index (Phi) is 4.31. The number of phenolic OH excluding ortho intramolecular Hbond substituents is 1. The van der Waals surface area contributed by atoms with Gasteiger partial charge in [-0.3, -0.25) is 4.79 Å². The van der Waals surface area contributed by atoms with E-state index in [1.165, 1.54) is 0 Å². The molecule has 88 valence electrons. The minimum Gasteiger partial charge on any atom is -0.508 e. The number of rotatable bonds is 5. The fourth-order valence-electron chi connectivity index (χ4n) is 1.57. The molecule has 0 aliphatic heterocycles. The Bertz CT molecular complexity index is 348. The van der Waals surface area contributed by atoms with Gasteiger partial charge >= 0.3 is 5.97 Å². The highest BCUT2D eigenvalue weighted by molar-refractivity contribution is 5.69. The van der Waals surface area contributed by atoms with Gasteiger partial charge in [-0.1, -0.05) is 19.1 Å². The molecule has 0 fully saturated rings. The fraction of sp³-hybridized carbons (Fsp3) is 0.417. The van der Waals surface area contributed by atoms with Crippen LogP contribution in [0, 0.1) is 5.92 Å². The number of carbonyl (C=O) groups is 1. The highest BCUT2D eigenvalue weighted by Gasteiger charge is 2.15. The van der Waals surface area contributed by atoms with Gasteiger partial charge in [0.15, 0.2) is 0 Å². The van der Waals surface area contributed by atoms with Crippen molar-refractivity contribution in [1.29, 1.82) is 0 Å². The molecule has 0 radical (unpaired) electrons. The minimum atomic E-state index is -0.818. The van der Waals surface area contributed by atoms with Crippen LogP contribution in [-0.2, 0) is 11.2 Å². The van der Waals surface area contributed by atoms with Gasteiger partial charge in [0.25, 0.3) is 0 Å². The van der Waals surface area contributed by atoms with E-state index < -0.39 is 11.9 Å². The first kappa shape index (κ1) is 12.5. The molecule has 0 spiro atoms. The van der Waals surface area contributed by atoms with Crippen molar-refractivity contribution >= 4 is 5.97 Å². The SMILES string of the molecule is C[C@H](C[C@@H](N)Cc1ccc(O)cc1)C(=O)O. The van der Waals surface area contributed by atoms with Crippen molar-refractivity contribution < 1.29 is 15.0 Å². The number of aliphatic carboxylic acids is 1. The van der Waals surface area contributed by atoms with E-state index in [0.29, 0.717) is 12.8 Å². The Morgan fingerprint density at radius 3 is 2.44 bits per heavy atom. The lowest BCUT2D eigenvalue weighted by Gasteiger charge is -2.14. The Morgan fingerprint density at radius 2 is 1.94 bits per heavy atom. The van der Waals surface area contributed by atoms with Gasteiger partial charge in [-0.25, -0.2) is 0 Å². The second-order valence-corrected chi connectivity index (χ2v) is 4.11. The van der Waals surface area contributed by atoms with Crippen LogP contribution < -0.4 is 5.73 Å². The first-order valence-corrected chi connectivity index (χ1v) is 5.25. The van der Waals surface area contributed by atoms with Gasteiger partial charge in [0.2, 0.25) is 0 Å². The first-order chi connectivity index (χ1) is 7.49. The van der Waals surface area contributed by atoms with Crippen LogP contribution in [0.25, 0.3) is 0 Å². The molecule has 0 saturated carbocycles. The average molecular weight is 223 g/mol. The van der Waals surface area contributed by atoms with Gasteiger partial charge in [0, 0.05) is 6.04 Å². The summed E-state index contributed by atoms with van der Waals surface area (Å²) in [6.45, 7) is 1.65. The molecule has 4 nitrogen and oxygen atoms in total. The van der Waals surface area contributed by atoms with E-state index in [1.807, 2.05) is 0 Å². The fourth-order valence-corrected chi connectivity index (χ4v) is 1.57. The number of phenols is 1. The molecule has 2 atom stereocenters. The van der Waals surface area contributed by atoms with Crippen molar-refractivity contribution in [3.05, 3.63) is 29.8 Å². The van der Waals surface area contributed by atoms with E-state index in [1.54, 1.807) is 31.2 Å². The van der Waals surface area contributed by atoms with Crippen LogP contribution in [-0.4, -0.2) is 22.2 Å². The molecular formula is C12H17NO3. The maximum absolute atomic E-state index is 10.6. The molecule has 0 amide bonds. The van der Waals surface area contributed by atoms with E-state index in [2.05, 4.69) is 0 Å². The van der Waals surface area contributed by atoms with Crippen molar-refractivity contribution in [3.8, 4) is 5.75 Å². The highest BCUT2D eigenvalue weighted by Crippen LogP contribution is 2.13. The maximum Gasteiger partial charge on any atom is 0.306 e. The molecule has 4 heteroatoms. The van der Waals surface area contributed by atoms with Crippen molar-refractivity contribution in [2.75, 3.05) is 0 Å². The van der Waals surface area contributed by atoms with Gasteiger partial charge < -0.3 is 15.9 Å². The first-order valence-electron chi connectivity index (χ1n) is 5.25. The van der Waals surface area contributed by atoms with Crippen molar-refractivity contribution in [1.82, 2.24) is 0 Å². The minimum absolute atomic E-state index is 0.171. The molecule has 0 aliphatic rings. The summed E-state index contributed by atoms with van der Waals surface area (Å²) in [7, 11) is 0. The largest absolute Gasteiger partial charge is 0.508 e. The number of benzene rings is 1. The molecule has 0 bridgehead atoms. The second kappa shape index (κ2) is 5.51. The topological polar surface area (TPSA) is 83.5 Å². The maximum atomic E-state index is 10.6. The highest BCUT2D eigenvalue weighted by atomic mass is 16.4. The molecule has 0 aromatic heterocycles. The normalized spacial score (nSPS) is 14.4. The lowest BCUT2D eigenvalue weighted by molar-refractivity contribution is -0.141. The van der Waals surface area contributed by atoms with Gasteiger partial charge in [-0.2, -0.15) is 0 Å². The van der Waals surface area contributed by atoms with Crippen LogP contribution in [0.1, 0.15) is 18.9 Å². The Labute approximate surface area is 94.7 Å². The van der Waals surface area contributed by atoms with E-state index in [0.717, 1.165) is 5.56 Å². The van der Waals surface area contributed by atoms with E-state index in [9.17, 15) is 4.79 Å². The quantitative estimate of drug-likeness (QED) is 0.704. The summed E-state index contributed by atoms with van der Waals surface area (Å²) >= 11 is 0. The predicted molar refractivity (Wildman–Crippen MR) is 61.2 cm³/mol. The average Bonchev–Trinajstić information content (AvgIpc) is 2.21. The van der Waals surface area contributed by atoms with Gasteiger partial charge in [-0.05, 0) is 30.5 Å². The molecule has 1 aromatic carbocycles. The molecule has 1 aromatic rings. The summed E-state index contributed by atoms with van der Waals surface area (Å²) in [5.41, 5.74) is 6.86. The van der Waals surface area contributed by atoms with Crippen LogP contribution in [0.15, 0.2) is 24.3 Å². The summed E-state index contributed by atoms with van der Waals surface area (Å²) in [5, 5.41) is 17.8.